The number of likely N-dealkylation sites (tertiary alicyclic amines) is 1. The van der Waals surface area contributed by atoms with Crippen LogP contribution in [-0.2, 0) is 20.7 Å². The smallest absolute Gasteiger partial charge is 0.229 e. The van der Waals surface area contributed by atoms with E-state index in [1.807, 2.05) is 31.2 Å². The quantitative estimate of drug-likeness (QED) is 0.875. The normalized spacial score (nSPS) is 19.3. The minimum absolute atomic E-state index is 0.00164. The molecule has 2 unspecified atom stereocenters. The summed E-state index contributed by atoms with van der Waals surface area (Å²) in [6.45, 7) is 4.94. The fraction of sp³-hybridized carbons (Fsp3) is 0.529. The van der Waals surface area contributed by atoms with Crippen LogP contribution in [-0.4, -0.2) is 43.0 Å². The Hall–Kier alpha value is -1.88. The lowest BCUT2D eigenvalue weighted by Crippen LogP contribution is -2.38. The number of aryl methyl sites for hydroxylation is 1. The third kappa shape index (κ3) is 3.65. The van der Waals surface area contributed by atoms with Crippen molar-refractivity contribution in [2.75, 3.05) is 25.6 Å². The second kappa shape index (κ2) is 7.40. The van der Waals surface area contributed by atoms with Crippen LogP contribution in [0.5, 0.6) is 0 Å². The summed E-state index contributed by atoms with van der Waals surface area (Å²) in [5.74, 6) is -0.355. The first-order valence-corrected chi connectivity index (χ1v) is 7.74. The molecule has 1 N–H and O–H groups in total. The van der Waals surface area contributed by atoms with E-state index in [-0.39, 0.29) is 30.2 Å². The van der Waals surface area contributed by atoms with Crippen molar-refractivity contribution in [2.24, 2.45) is 5.92 Å². The molecule has 5 heteroatoms. The van der Waals surface area contributed by atoms with Gasteiger partial charge in [-0.15, -0.1) is 0 Å². The van der Waals surface area contributed by atoms with Crippen LogP contribution in [0.4, 0.5) is 5.69 Å². The number of carbonyl (C=O) groups excluding carboxylic acids is 2. The van der Waals surface area contributed by atoms with Crippen molar-refractivity contribution in [2.45, 2.75) is 32.7 Å². The Balaban J connectivity index is 2.01. The number of hydrogen-bond acceptors (Lipinski definition) is 3. The highest BCUT2D eigenvalue weighted by molar-refractivity contribution is 5.97. The van der Waals surface area contributed by atoms with Crippen molar-refractivity contribution in [3.8, 4) is 0 Å². The van der Waals surface area contributed by atoms with Gasteiger partial charge in [0.1, 0.15) is 0 Å². The van der Waals surface area contributed by atoms with E-state index in [9.17, 15) is 9.59 Å². The van der Waals surface area contributed by atoms with Crippen molar-refractivity contribution in [1.29, 1.82) is 0 Å². The number of carbonyl (C=O) groups is 2. The Morgan fingerprint density at radius 1 is 1.45 bits per heavy atom. The van der Waals surface area contributed by atoms with Crippen molar-refractivity contribution >= 4 is 17.5 Å². The molecule has 0 aliphatic carbocycles. The highest BCUT2D eigenvalue weighted by Gasteiger charge is 2.36. The van der Waals surface area contributed by atoms with Gasteiger partial charge in [-0.2, -0.15) is 0 Å². The van der Waals surface area contributed by atoms with E-state index in [2.05, 4.69) is 12.2 Å². The molecule has 1 aliphatic rings. The molecule has 0 bridgehead atoms. The average molecular weight is 304 g/mol. The molecule has 1 aromatic rings. The molecule has 1 saturated heterocycles. The summed E-state index contributed by atoms with van der Waals surface area (Å²) in [7, 11) is 1.61. The summed E-state index contributed by atoms with van der Waals surface area (Å²) in [6.07, 6.45) is 1.13. The van der Waals surface area contributed by atoms with Crippen molar-refractivity contribution in [3.05, 3.63) is 29.8 Å². The van der Waals surface area contributed by atoms with Crippen LogP contribution in [0.3, 0.4) is 0 Å². The van der Waals surface area contributed by atoms with E-state index in [0.717, 1.165) is 17.7 Å². The molecule has 0 radical (unpaired) electrons. The molecular formula is C17H24N2O3. The van der Waals surface area contributed by atoms with Crippen LogP contribution in [0, 0.1) is 5.92 Å². The fourth-order valence-corrected chi connectivity index (χ4v) is 2.85. The van der Waals surface area contributed by atoms with Gasteiger partial charge in [-0.3, -0.25) is 9.59 Å². The molecule has 2 amide bonds. The first-order chi connectivity index (χ1) is 10.6. The summed E-state index contributed by atoms with van der Waals surface area (Å²) in [5.41, 5.74) is 1.94. The maximum atomic E-state index is 12.4. The highest BCUT2D eigenvalue weighted by Crippen LogP contribution is 2.23. The molecule has 22 heavy (non-hydrogen) atoms. The molecule has 0 saturated carbocycles. The fourth-order valence-electron chi connectivity index (χ4n) is 2.85. The largest absolute Gasteiger partial charge is 0.383 e. The standard InChI is InChI=1S/C17H24N2O3/c1-4-13-7-5-6-8-15(13)18-17(21)14-9-16(20)19(10-14)12(2)11-22-3/h5-8,12,14H,4,9-11H2,1-3H3,(H,18,21). The minimum Gasteiger partial charge on any atom is -0.383 e. The molecule has 1 fully saturated rings. The van der Waals surface area contributed by atoms with E-state index in [1.165, 1.54) is 0 Å². The maximum Gasteiger partial charge on any atom is 0.229 e. The van der Waals surface area contributed by atoms with E-state index >= 15 is 0 Å². The number of amides is 2. The third-order valence-electron chi connectivity index (χ3n) is 4.13. The van der Waals surface area contributed by atoms with Crippen LogP contribution in [0.25, 0.3) is 0 Å². The van der Waals surface area contributed by atoms with Crippen molar-refractivity contribution < 1.29 is 14.3 Å². The van der Waals surface area contributed by atoms with Gasteiger partial charge in [0.25, 0.3) is 0 Å². The van der Waals surface area contributed by atoms with Crippen LogP contribution < -0.4 is 5.32 Å². The van der Waals surface area contributed by atoms with Crippen LogP contribution in [0.15, 0.2) is 24.3 Å². The Morgan fingerprint density at radius 3 is 2.86 bits per heavy atom. The van der Waals surface area contributed by atoms with E-state index in [1.54, 1.807) is 12.0 Å². The first kappa shape index (κ1) is 16.5. The van der Waals surface area contributed by atoms with Gasteiger partial charge >= 0.3 is 0 Å². The number of rotatable bonds is 6. The van der Waals surface area contributed by atoms with E-state index < -0.39 is 0 Å². The van der Waals surface area contributed by atoms with E-state index in [4.69, 9.17) is 4.74 Å². The number of ether oxygens (including phenoxy) is 1. The summed E-state index contributed by atoms with van der Waals surface area (Å²) < 4.78 is 5.09. The molecule has 1 heterocycles. The van der Waals surface area contributed by atoms with Crippen molar-refractivity contribution in [1.82, 2.24) is 4.90 Å². The number of para-hydroxylation sites is 1. The lowest BCUT2D eigenvalue weighted by atomic mass is 10.1. The summed E-state index contributed by atoms with van der Waals surface area (Å²) in [5, 5.41) is 2.97. The zero-order chi connectivity index (χ0) is 16.1. The predicted molar refractivity (Wildman–Crippen MR) is 85.6 cm³/mol. The Morgan fingerprint density at radius 2 is 2.18 bits per heavy atom. The average Bonchev–Trinajstić information content (AvgIpc) is 2.90. The van der Waals surface area contributed by atoms with Crippen LogP contribution in [0.2, 0.25) is 0 Å². The van der Waals surface area contributed by atoms with Gasteiger partial charge in [0.2, 0.25) is 11.8 Å². The van der Waals surface area contributed by atoms with Gasteiger partial charge in [-0.1, -0.05) is 25.1 Å². The summed E-state index contributed by atoms with van der Waals surface area (Å²) >= 11 is 0. The predicted octanol–water partition coefficient (Wildman–Crippen LogP) is 2.07. The van der Waals surface area contributed by atoms with Crippen LogP contribution >= 0.6 is 0 Å². The lowest BCUT2D eigenvalue weighted by Gasteiger charge is -2.24. The van der Waals surface area contributed by atoms with Gasteiger partial charge in [0.15, 0.2) is 0 Å². The van der Waals surface area contributed by atoms with Gasteiger partial charge < -0.3 is 15.0 Å². The molecule has 0 spiro atoms. The number of methoxy groups -OCH3 is 1. The second-order valence-corrected chi connectivity index (χ2v) is 5.75. The van der Waals surface area contributed by atoms with Crippen LogP contribution in [0.1, 0.15) is 25.8 Å². The zero-order valence-corrected chi connectivity index (χ0v) is 13.5. The molecule has 0 aromatic heterocycles. The zero-order valence-electron chi connectivity index (χ0n) is 13.5. The Labute approximate surface area is 131 Å². The van der Waals surface area contributed by atoms with Gasteiger partial charge in [-0.25, -0.2) is 0 Å². The number of benzene rings is 1. The molecule has 1 aromatic carbocycles. The molecule has 1 aliphatic heterocycles. The van der Waals surface area contributed by atoms with Gasteiger partial charge in [-0.05, 0) is 25.0 Å². The molecule has 5 nitrogen and oxygen atoms in total. The second-order valence-electron chi connectivity index (χ2n) is 5.75. The number of nitrogens with one attached hydrogen (secondary N) is 1. The van der Waals surface area contributed by atoms with E-state index in [0.29, 0.717) is 13.2 Å². The Bertz CT molecular complexity index is 544. The minimum atomic E-state index is -0.295. The number of anilines is 1. The first-order valence-electron chi connectivity index (χ1n) is 7.74. The molecule has 2 atom stereocenters. The monoisotopic (exact) mass is 304 g/mol. The number of hydrogen-bond donors (Lipinski definition) is 1. The topological polar surface area (TPSA) is 58.6 Å². The van der Waals surface area contributed by atoms with Crippen molar-refractivity contribution in [3.63, 3.8) is 0 Å². The maximum absolute atomic E-state index is 12.4. The molecular weight excluding hydrogens is 280 g/mol. The van der Waals surface area contributed by atoms with Gasteiger partial charge in [0, 0.05) is 25.8 Å². The summed E-state index contributed by atoms with van der Waals surface area (Å²) in [6, 6.07) is 7.77. The molecule has 2 rings (SSSR count). The van der Waals surface area contributed by atoms with Gasteiger partial charge in [0.05, 0.1) is 18.6 Å². The SMILES string of the molecule is CCc1ccccc1NC(=O)C1CC(=O)N(C(C)COC)C1. The highest BCUT2D eigenvalue weighted by atomic mass is 16.5. The lowest BCUT2D eigenvalue weighted by molar-refractivity contribution is -0.130. The molecule has 120 valence electrons. The summed E-state index contributed by atoms with van der Waals surface area (Å²) in [4.78, 5) is 26.2. The number of nitrogens with zero attached hydrogens (tertiary/aromatic N) is 1. The Kier molecular flexibility index (Phi) is 5.55. The third-order valence-corrected chi connectivity index (χ3v) is 4.13.